The number of benzene rings is 1. The van der Waals surface area contributed by atoms with Gasteiger partial charge in [-0.15, -0.1) is 11.3 Å². The van der Waals surface area contributed by atoms with E-state index in [0.29, 0.717) is 6.54 Å². The van der Waals surface area contributed by atoms with E-state index in [-0.39, 0.29) is 5.82 Å². The van der Waals surface area contributed by atoms with Gasteiger partial charge in [0.05, 0.1) is 12.2 Å². The Kier molecular flexibility index (Phi) is 5.43. The van der Waals surface area contributed by atoms with Crippen LogP contribution in [0.5, 0.6) is 0 Å². The van der Waals surface area contributed by atoms with E-state index in [0.717, 1.165) is 41.7 Å². The van der Waals surface area contributed by atoms with Gasteiger partial charge in [-0.2, -0.15) is 0 Å². The van der Waals surface area contributed by atoms with Gasteiger partial charge in [0.25, 0.3) is 0 Å². The van der Waals surface area contributed by atoms with Crippen LogP contribution in [0.1, 0.15) is 18.2 Å². The van der Waals surface area contributed by atoms with Crippen molar-refractivity contribution in [2.75, 3.05) is 13.1 Å². The molecular weight excluding hydrogens is 325 g/mol. The number of guanidine groups is 1. The molecule has 126 valence electrons. The maximum atomic E-state index is 12.9. The first kappa shape index (κ1) is 16.4. The lowest BCUT2D eigenvalue weighted by Gasteiger charge is -2.11. The predicted octanol–water partition coefficient (Wildman–Crippen LogP) is 2.83. The van der Waals surface area contributed by atoms with Crippen LogP contribution >= 0.6 is 11.3 Å². The number of nitrogens with zero attached hydrogens (tertiary/aromatic N) is 3. The van der Waals surface area contributed by atoms with Crippen molar-refractivity contribution >= 4 is 22.3 Å². The zero-order chi connectivity index (χ0) is 16.8. The molecule has 0 atom stereocenters. The second-order valence-electron chi connectivity index (χ2n) is 5.32. The zero-order valence-electron chi connectivity index (χ0n) is 13.5. The van der Waals surface area contributed by atoms with Crippen LogP contribution in [0.3, 0.4) is 0 Å². The molecule has 0 aliphatic heterocycles. The summed E-state index contributed by atoms with van der Waals surface area (Å²) in [6.45, 7) is 4.08. The van der Waals surface area contributed by atoms with Gasteiger partial charge in [-0.25, -0.2) is 14.4 Å². The summed E-state index contributed by atoms with van der Waals surface area (Å²) in [4.78, 5) is 10.1. The van der Waals surface area contributed by atoms with Crippen LogP contribution in [0.25, 0.3) is 4.96 Å². The highest BCUT2D eigenvalue weighted by Gasteiger charge is 2.03. The van der Waals surface area contributed by atoms with Gasteiger partial charge in [-0.3, -0.25) is 4.40 Å². The van der Waals surface area contributed by atoms with E-state index in [1.807, 2.05) is 29.1 Å². The summed E-state index contributed by atoms with van der Waals surface area (Å²) in [6.07, 6.45) is 4.80. The molecule has 0 amide bonds. The van der Waals surface area contributed by atoms with Gasteiger partial charge in [0.15, 0.2) is 10.9 Å². The van der Waals surface area contributed by atoms with E-state index in [9.17, 15) is 4.39 Å². The lowest BCUT2D eigenvalue weighted by molar-refractivity contribution is 0.626. The third-order valence-electron chi connectivity index (χ3n) is 3.51. The van der Waals surface area contributed by atoms with Crippen LogP contribution in [-0.4, -0.2) is 28.4 Å². The lowest BCUT2D eigenvalue weighted by Crippen LogP contribution is -2.38. The number of hydrogen-bond acceptors (Lipinski definition) is 3. The molecule has 0 spiro atoms. The largest absolute Gasteiger partial charge is 0.357 e. The van der Waals surface area contributed by atoms with E-state index < -0.39 is 0 Å². The molecule has 0 unspecified atom stereocenters. The number of thiazole rings is 1. The van der Waals surface area contributed by atoms with Crippen LogP contribution in [0.4, 0.5) is 4.39 Å². The molecule has 0 aliphatic rings. The number of halogens is 1. The topological polar surface area (TPSA) is 53.7 Å². The summed E-state index contributed by atoms with van der Waals surface area (Å²) in [5.41, 5.74) is 2.03. The maximum absolute atomic E-state index is 12.9. The lowest BCUT2D eigenvalue weighted by atomic mass is 10.1. The number of nitrogens with one attached hydrogen (secondary N) is 2. The molecule has 0 saturated carbocycles. The Balaban J connectivity index is 1.54. The van der Waals surface area contributed by atoms with Crippen molar-refractivity contribution in [2.45, 2.75) is 19.9 Å². The number of imidazole rings is 1. The Bertz CT molecular complexity index is 777. The van der Waals surface area contributed by atoms with Crippen molar-refractivity contribution in [3.8, 4) is 0 Å². The molecule has 0 bridgehead atoms. The zero-order valence-corrected chi connectivity index (χ0v) is 14.3. The Morgan fingerprint density at radius 2 is 2.12 bits per heavy atom. The smallest absolute Gasteiger partial charge is 0.193 e. The van der Waals surface area contributed by atoms with E-state index in [2.05, 4.69) is 20.6 Å². The van der Waals surface area contributed by atoms with E-state index in [1.54, 1.807) is 23.5 Å². The molecule has 5 nitrogen and oxygen atoms in total. The van der Waals surface area contributed by atoms with Gasteiger partial charge < -0.3 is 10.6 Å². The summed E-state index contributed by atoms with van der Waals surface area (Å²) in [5.74, 6) is 0.553. The molecular formula is C17H20FN5S. The molecule has 24 heavy (non-hydrogen) atoms. The molecule has 0 aliphatic carbocycles. The molecule has 0 fully saturated rings. The van der Waals surface area contributed by atoms with Gasteiger partial charge in [0.1, 0.15) is 5.82 Å². The van der Waals surface area contributed by atoms with Crippen LogP contribution in [0.2, 0.25) is 0 Å². The highest BCUT2D eigenvalue weighted by molar-refractivity contribution is 7.15. The number of aliphatic imine (C=N–C) groups is 1. The minimum Gasteiger partial charge on any atom is -0.357 e. The Labute approximate surface area is 144 Å². The van der Waals surface area contributed by atoms with Crippen molar-refractivity contribution in [3.63, 3.8) is 0 Å². The summed E-state index contributed by atoms with van der Waals surface area (Å²) in [6, 6.07) is 6.58. The summed E-state index contributed by atoms with van der Waals surface area (Å²) in [7, 11) is 0. The van der Waals surface area contributed by atoms with Crippen molar-refractivity contribution in [3.05, 3.63) is 59.1 Å². The minimum absolute atomic E-state index is 0.207. The molecule has 3 rings (SSSR count). The SMILES string of the molecule is CCNC(=NCc1cn2ccsc2n1)NCCc1ccc(F)cc1. The third kappa shape index (κ3) is 4.32. The highest BCUT2D eigenvalue weighted by atomic mass is 32.1. The van der Waals surface area contributed by atoms with Gasteiger partial charge in [0, 0.05) is 30.9 Å². The number of rotatable bonds is 6. The second kappa shape index (κ2) is 7.92. The Morgan fingerprint density at radius 3 is 2.88 bits per heavy atom. The van der Waals surface area contributed by atoms with Gasteiger partial charge >= 0.3 is 0 Å². The van der Waals surface area contributed by atoms with Crippen molar-refractivity contribution in [1.29, 1.82) is 0 Å². The third-order valence-corrected chi connectivity index (χ3v) is 4.28. The van der Waals surface area contributed by atoms with Crippen LogP contribution in [0.15, 0.2) is 47.0 Å². The molecule has 2 aromatic heterocycles. The second-order valence-corrected chi connectivity index (χ2v) is 6.20. The predicted molar refractivity (Wildman–Crippen MR) is 96.0 cm³/mol. The van der Waals surface area contributed by atoms with Crippen molar-refractivity contribution < 1.29 is 4.39 Å². The van der Waals surface area contributed by atoms with E-state index in [1.165, 1.54) is 12.1 Å². The quantitative estimate of drug-likeness (QED) is 0.534. The number of aromatic nitrogens is 2. The monoisotopic (exact) mass is 345 g/mol. The molecule has 0 saturated heterocycles. The molecule has 2 heterocycles. The van der Waals surface area contributed by atoms with Crippen LogP contribution in [-0.2, 0) is 13.0 Å². The molecule has 1 aromatic carbocycles. The first-order valence-electron chi connectivity index (χ1n) is 7.92. The van der Waals surface area contributed by atoms with Gasteiger partial charge in [0.2, 0.25) is 0 Å². The molecule has 3 aromatic rings. The van der Waals surface area contributed by atoms with Crippen molar-refractivity contribution in [2.24, 2.45) is 4.99 Å². The first-order valence-corrected chi connectivity index (χ1v) is 8.80. The summed E-state index contributed by atoms with van der Waals surface area (Å²) >= 11 is 1.61. The van der Waals surface area contributed by atoms with E-state index in [4.69, 9.17) is 0 Å². The normalized spacial score (nSPS) is 11.8. The van der Waals surface area contributed by atoms with Gasteiger partial charge in [-0.1, -0.05) is 12.1 Å². The average Bonchev–Trinajstić information content (AvgIpc) is 3.16. The average molecular weight is 345 g/mol. The minimum atomic E-state index is -0.207. The Hall–Kier alpha value is -2.41. The summed E-state index contributed by atoms with van der Waals surface area (Å²) in [5, 5.41) is 8.53. The van der Waals surface area contributed by atoms with Gasteiger partial charge in [-0.05, 0) is 31.0 Å². The van der Waals surface area contributed by atoms with Crippen LogP contribution in [0, 0.1) is 5.82 Å². The standard InChI is InChI=1S/C17H20FN5S/c1-2-19-16(20-8-7-13-3-5-14(18)6-4-13)21-11-15-12-23-9-10-24-17(23)22-15/h3-6,9-10,12H,2,7-8,11H2,1H3,(H2,19,20,21). The van der Waals surface area contributed by atoms with E-state index >= 15 is 0 Å². The fourth-order valence-electron chi connectivity index (χ4n) is 2.33. The number of fused-ring (bicyclic) bond motifs is 1. The molecule has 0 radical (unpaired) electrons. The molecule has 2 N–H and O–H groups in total. The van der Waals surface area contributed by atoms with Crippen molar-refractivity contribution in [1.82, 2.24) is 20.0 Å². The Morgan fingerprint density at radius 1 is 1.29 bits per heavy atom. The fraction of sp³-hybridized carbons (Fsp3) is 0.294. The summed E-state index contributed by atoms with van der Waals surface area (Å²) < 4.78 is 14.9. The fourth-order valence-corrected chi connectivity index (χ4v) is 3.05. The maximum Gasteiger partial charge on any atom is 0.193 e. The highest BCUT2D eigenvalue weighted by Crippen LogP contribution is 2.11. The first-order chi connectivity index (χ1) is 11.7. The molecule has 7 heteroatoms. The number of hydrogen-bond donors (Lipinski definition) is 2. The van der Waals surface area contributed by atoms with Crippen LogP contribution < -0.4 is 10.6 Å².